The number of carboxylic acid groups (broad SMARTS) is 1. The largest absolute Gasteiger partial charge is 0.631 e. The highest BCUT2D eigenvalue weighted by Crippen LogP contribution is 2.32. The zero-order valence-corrected chi connectivity index (χ0v) is 21.0. The Morgan fingerprint density at radius 3 is 2.61 bits per heavy atom. The van der Waals surface area contributed by atoms with Gasteiger partial charge in [0.05, 0.1) is 17.2 Å². The third kappa shape index (κ3) is 6.88. The van der Waals surface area contributed by atoms with E-state index >= 15 is 0 Å². The fraction of sp³-hybridized carbons (Fsp3) is 0.148. The van der Waals surface area contributed by atoms with E-state index < -0.39 is 11.9 Å². The Bertz CT molecular complexity index is 1410. The van der Waals surface area contributed by atoms with E-state index in [0.29, 0.717) is 44.5 Å². The summed E-state index contributed by atoms with van der Waals surface area (Å²) in [4.78, 5) is 24.3. The number of halogens is 1. The van der Waals surface area contributed by atoms with Gasteiger partial charge in [0.1, 0.15) is 12.5 Å². The molecule has 194 valence electrons. The van der Waals surface area contributed by atoms with Crippen LogP contribution in [0.4, 0.5) is 5.69 Å². The van der Waals surface area contributed by atoms with Gasteiger partial charge in [-0.25, -0.2) is 4.79 Å². The van der Waals surface area contributed by atoms with Crippen LogP contribution in [0.2, 0.25) is 5.02 Å². The molecule has 1 fully saturated rings. The Kier molecular flexibility index (Phi) is 8.59. The first-order valence-corrected chi connectivity index (χ1v) is 12.1. The van der Waals surface area contributed by atoms with Crippen molar-refractivity contribution >= 4 is 34.7 Å². The van der Waals surface area contributed by atoms with E-state index in [-0.39, 0.29) is 11.5 Å². The molecule has 1 saturated carbocycles. The third-order valence-electron chi connectivity index (χ3n) is 5.87. The summed E-state index contributed by atoms with van der Waals surface area (Å²) in [6.07, 6.45) is 12.1. The molecular weight excluding hydrogens is 508 g/mol. The molecule has 0 saturated heterocycles. The molecule has 1 aromatic heterocycles. The van der Waals surface area contributed by atoms with Crippen LogP contribution in [-0.4, -0.2) is 37.2 Å². The molecule has 0 bridgehead atoms. The Morgan fingerprint density at radius 2 is 1.97 bits per heavy atom. The smallest absolute Gasteiger partial charge is 0.335 e. The first-order chi connectivity index (χ1) is 18.4. The zero-order valence-electron chi connectivity index (χ0n) is 20.2. The van der Waals surface area contributed by atoms with Crippen LogP contribution in [0.15, 0.2) is 91.4 Å². The summed E-state index contributed by atoms with van der Waals surface area (Å²) >= 11 is 6.25. The van der Waals surface area contributed by atoms with Gasteiger partial charge in [-0.1, -0.05) is 36.4 Å². The molecule has 4 N–H and O–H groups in total. The fourth-order valence-electron chi connectivity index (χ4n) is 3.67. The maximum Gasteiger partial charge on any atom is 0.335 e. The second-order valence-corrected chi connectivity index (χ2v) is 9.09. The Morgan fingerprint density at radius 1 is 1.21 bits per heavy atom. The van der Waals surface area contributed by atoms with Gasteiger partial charge in [0.2, 0.25) is 5.91 Å². The number of carbonyl (C=O) groups excluding carboxylic acids is 1. The van der Waals surface area contributed by atoms with Gasteiger partial charge in [-0.05, 0) is 83.3 Å². The van der Waals surface area contributed by atoms with Crippen molar-refractivity contribution in [2.24, 2.45) is 11.8 Å². The van der Waals surface area contributed by atoms with Crippen molar-refractivity contribution in [3.63, 3.8) is 0 Å². The molecule has 1 atom stereocenters. The summed E-state index contributed by atoms with van der Waals surface area (Å²) in [6, 6.07) is 11.0. The SMILES string of the molecule is C=C(/C=C\C(=C/[NH2+][O-])c1cc(Cl)ccc1-n1cnnn1)C(/C=C/C1CC1)C(=O)Nc1ccc(C(=O)O)cc1. The van der Waals surface area contributed by atoms with Crippen LogP contribution in [0.3, 0.4) is 0 Å². The minimum Gasteiger partial charge on any atom is -0.631 e. The number of anilines is 1. The summed E-state index contributed by atoms with van der Waals surface area (Å²) in [6.45, 7) is 4.11. The highest BCUT2D eigenvalue weighted by atomic mass is 35.5. The van der Waals surface area contributed by atoms with Gasteiger partial charge in [-0.3, -0.25) is 4.79 Å². The Balaban J connectivity index is 1.59. The Hall–Kier alpha value is -4.38. The zero-order chi connectivity index (χ0) is 27.1. The standard InChI is InChI=1S/C27H25ClN6O4/c1-17(2-6-20(15-30-38)24-14-21(28)9-13-25(24)34-16-29-32-33-34)23(12-5-18-3-4-18)26(35)31-22-10-7-19(8-11-22)27(36)37/h2,5-16,18,23H,1,3-4,30H2,(H,31,35)(H,36,37)/b6-2-,12-5+,20-15+. The molecule has 2 aromatic carbocycles. The van der Waals surface area contributed by atoms with Gasteiger partial charge in [-0.2, -0.15) is 4.68 Å². The number of benzene rings is 2. The molecule has 1 unspecified atom stereocenters. The molecule has 10 nitrogen and oxygen atoms in total. The van der Waals surface area contributed by atoms with E-state index in [1.165, 1.54) is 41.5 Å². The lowest BCUT2D eigenvalue weighted by molar-refractivity contribution is -0.513. The van der Waals surface area contributed by atoms with Gasteiger partial charge >= 0.3 is 5.97 Å². The number of allylic oxidation sites excluding steroid dienone is 4. The molecular formula is C27H25ClN6O4. The van der Waals surface area contributed by atoms with E-state index in [1.807, 2.05) is 12.2 Å². The van der Waals surface area contributed by atoms with Crippen LogP contribution < -0.4 is 10.8 Å². The van der Waals surface area contributed by atoms with Gasteiger partial charge in [0.25, 0.3) is 0 Å². The van der Waals surface area contributed by atoms with Crippen LogP contribution in [0.25, 0.3) is 11.3 Å². The minimum absolute atomic E-state index is 0.122. The average Bonchev–Trinajstić information content (AvgIpc) is 3.57. The van der Waals surface area contributed by atoms with E-state index in [9.17, 15) is 14.8 Å². The molecule has 4 rings (SSSR count). The van der Waals surface area contributed by atoms with Crippen molar-refractivity contribution in [2.75, 3.05) is 5.32 Å². The molecule has 0 spiro atoms. The van der Waals surface area contributed by atoms with Crippen molar-refractivity contribution in [1.82, 2.24) is 20.2 Å². The molecule has 0 aliphatic heterocycles. The van der Waals surface area contributed by atoms with Gasteiger partial charge in [0.15, 0.2) is 0 Å². The predicted molar refractivity (Wildman–Crippen MR) is 143 cm³/mol. The second kappa shape index (κ2) is 12.2. The number of hydrogen-bond donors (Lipinski definition) is 3. The summed E-state index contributed by atoms with van der Waals surface area (Å²) in [5.41, 5.74) is 3.47. The molecule has 1 aliphatic rings. The predicted octanol–water partition coefficient (Wildman–Crippen LogP) is 3.75. The van der Waals surface area contributed by atoms with Crippen molar-refractivity contribution in [1.29, 1.82) is 0 Å². The van der Waals surface area contributed by atoms with Gasteiger partial charge in [-0.15, -0.1) is 5.10 Å². The van der Waals surface area contributed by atoms with Gasteiger partial charge < -0.3 is 21.1 Å². The lowest BCUT2D eigenvalue weighted by Gasteiger charge is -2.15. The van der Waals surface area contributed by atoms with Gasteiger partial charge in [0, 0.05) is 21.8 Å². The first kappa shape index (κ1) is 26.7. The number of nitrogens with zero attached hydrogens (tertiary/aromatic N) is 4. The maximum atomic E-state index is 13.2. The van der Waals surface area contributed by atoms with E-state index in [0.717, 1.165) is 12.8 Å². The highest BCUT2D eigenvalue weighted by Gasteiger charge is 2.22. The van der Waals surface area contributed by atoms with E-state index in [1.54, 1.807) is 30.4 Å². The summed E-state index contributed by atoms with van der Waals surface area (Å²) in [7, 11) is 0. The average molecular weight is 533 g/mol. The molecule has 1 heterocycles. The van der Waals surface area contributed by atoms with E-state index in [2.05, 4.69) is 27.4 Å². The Labute approximate surface area is 223 Å². The van der Waals surface area contributed by atoms with Crippen molar-refractivity contribution < 1.29 is 20.2 Å². The number of aromatic carboxylic acids is 1. The third-order valence-corrected chi connectivity index (χ3v) is 6.10. The number of aromatic nitrogens is 4. The number of nitrogens with two attached hydrogens (primary N) is 1. The number of hydrogen-bond acceptors (Lipinski definition) is 6. The first-order valence-electron chi connectivity index (χ1n) is 11.7. The van der Waals surface area contributed by atoms with E-state index in [4.69, 9.17) is 16.7 Å². The van der Waals surface area contributed by atoms with Crippen molar-refractivity contribution in [3.8, 4) is 5.69 Å². The number of hydroxylamine groups is 1. The van der Waals surface area contributed by atoms with Crippen LogP contribution in [-0.2, 0) is 4.79 Å². The summed E-state index contributed by atoms with van der Waals surface area (Å²) in [5, 5.41) is 35.1. The molecule has 3 aromatic rings. The number of quaternary nitrogens is 1. The van der Waals surface area contributed by atoms with Crippen LogP contribution in [0, 0.1) is 17.0 Å². The highest BCUT2D eigenvalue weighted by molar-refractivity contribution is 6.30. The normalized spacial score (nSPS) is 14.6. The number of carboxylic acids is 1. The topological polar surface area (TPSA) is 150 Å². The number of tetrazole rings is 1. The van der Waals surface area contributed by atoms with Crippen LogP contribution in [0.5, 0.6) is 0 Å². The number of amides is 1. The second-order valence-electron chi connectivity index (χ2n) is 8.65. The lowest BCUT2D eigenvalue weighted by atomic mass is 9.95. The lowest BCUT2D eigenvalue weighted by Crippen LogP contribution is -2.70. The number of carbonyl (C=O) groups is 2. The van der Waals surface area contributed by atoms with Crippen LogP contribution in [0.1, 0.15) is 28.8 Å². The minimum atomic E-state index is -1.05. The monoisotopic (exact) mass is 532 g/mol. The van der Waals surface area contributed by atoms with Crippen LogP contribution >= 0.6 is 11.6 Å². The van der Waals surface area contributed by atoms with Crippen molar-refractivity contribution in [2.45, 2.75) is 12.8 Å². The molecule has 11 heteroatoms. The maximum absolute atomic E-state index is 13.2. The fourth-order valence-corrected chi connectivity index (χ4v) is 3.84. The quantitative estimate of drug-likeness (QED) is 0.193. The van der Waals surface area contributed by atoms with Crippen molar-refractivity contribution in [3.05, 3.63) is 113 Å². The molecule has 1 aliphatic carbocycles. The molecule has 1 amide bonds. The number of rotatable bonds is 11. The molecule has 0 radical (unpaired) electrons. The molecule has 38 heavy (non-hydrogen) atoms. The number of nitrogens with one attached hydrogen (secondary N) is 1. The summed E-state index contributed by atoms with van der Waals surface area (Å²) in [5.74, 6) is -1.62. The summed E-state index contributed by atoms with van der Waals surface area (Å²) < 4.78 is 1.46.